The number of ether oxygens (including phenoxy) is 1. The molecular formula is C22H38N5O4+. The summed E-state index contributed by atoms with van der Waals surface area (Å²) in [5.41, 5.74) is 5.16. The molecular weight excluding hydrogens is 398 g/mol. The summed E-state index contributed by atoms with van der Waals surface area (Å²) in [6.07, 6.45) is 7.98. The maximum atomic E-state index is 13.3. The molecule has 1 aliphatic heterocycles. The molecule has 1 aliphatic carbocycles. The van der Waals surface area contributed by atoms with Gasteiger partial charge >= 0.3 is 5.69 Å². The number of carbonyl (C=O) groups is 1. The van der Waals surface area contributed by atoms with Crippen molar-refractivity contribution in [3.05, 3.63) is 20.8 Å². The van der Waals surface area contributed by atoms with Crippen molar-refractivity contribution in [2.45, 2.75) is 58.4 Å². The van der Waals surface area contributed by atoms with Gasteiger partial charge in [0.1, 0.15) is 5.82 Å². The molecule has 2 fully saturated rings. The van der Waals surface area contributed by atoms with E-state index in [4.69, 9.17) is 10.5 Å². The largest absolute Gasteiger partial charge is 0.383 e. The van der Waals surface area contributed by atoms with E-state index in [0.717, 1.165) is 38.3 Å². The van der Waals surface area contributed by atoms with E-state index in [2.05, 4.69) is 4.98 Å². The van der Waals surface area contributed by atoms with Crippen LogP contribution in [0.4, 0.5) is 11.5 Å². The number of nitrogen functional groups attached to an aromatic ring is 1. The summed E-state index contributed by atoms with van der Waals surface area (Å²) in [7, 11) is 1.55. The average Bonchev–Trinajstić information content (AvgIpc) is 2.75. The van der Waals surface area contributed by atoms with Crippen molar-refractivity contribution in [2.75, 3.05) is 50.5 Å². The smallest absolute Gasteiger partial charge is 0.330 e. The van der Waals surface area contributed by atoms with Gasteiger partial charge in [0.05, 0.1) is 19.7 Å². The Kier molecular flexibility index (Phi) is 8.31. The fourth-order valence-electron chi connectivity index (χ4n) is 5.19. The van der Waals surface area contributed by atoms with Gasteiger partial charge in [0.2, 0.25) is 0 Å². The number of nitrogens with one attached hydrogen (secondary N) is 2. The van der Waals surface area contributed by atoms with Gasteiger partial charge in [-0.15, -0.1) is 0 Å². The van der Waals surface area contributed by atoms with Gasteiger partial charge in [0.15, 0.2) is 12.2 Å². The number of methoxy groups -OCH3 is 1. The number of likely N-dealkylation sites (tertiary alicyclic amines) is 1. The third-order valence-corrected chi connectivity index (χ3v) is 6.93. The van der Waals surface area contributed by atoms with Crippen LogP contribution in [-0.2, 0) is 16.1 Å². The predicted octanol–water partition coefficient (Wildman–Crippen LogP) is -0.00670. The molecule has 9 heteroatoms. The number of unbranched alkanes of at least 4 members (excludes halogenated alkanes) is 1. The van der Waals surface area contributed by atoms with E-state index in [1.807, 2.05) is 6.92 Å². The van der Waals surface area contributed by atoms with Crippen molar-refractivity contribution < 1.29 is 14.4 Å². The Morgan fingerprint density at radius 2 is 2.00 bits per heavy atom. The van der Waals surface area contributed by atoms with Gasteiger partial charge in [-0.3, -0.25) is 24.0 Å². The quantitative estimate of drug-likeness (QED) is 0.504. The number of anilines is 2. The predicted molar refractivity (Wildman–Crippen MR) is 121 cm³/mol. The number of fused-ring (bicyclic) bond motifs is 1. The molecule has 1 saturated heterocycles. The van der Waals surface area contributed by atoms with Gasteiger partial charge < -0.3 is 15.4 Å². The van der Waals surface area contributed by atoms with Gasteiger partial charge in [-0.05, 0) is 31.6 Å². The second-order valence-corrected chi connectivity index (χ2v) is 9.01. The molecule has 0 radical (unpaired) electrons. The van der Waals surface area contributed by atoms with Crippen LogP contribution >= 0.6 is 0 Å². The molecule has 2 aliphatic rings. The first-order chi connectivity index (χ1) is 15.0. The number of H-pyrrole nitrogens is 1. The first-order valence-electron chi connectivity index (χ1n) is 11.7. The van der Waals surface area contributed by atoms with E-state index >= 15 is 0 Å². The zero-order valence-corrected chi connectivity index (χ0v) is 19.0. The van der Waals surface area contributed by atoms with Gasteiger partial charge in [0, 0.05) is 26.1 Å². The van der Waals surface area contributed by atoms with Gasteiger partial charge in [-0.1, -0.05) is 26.2 Å². The molecule has 3 atom stereocenters. The minimum absolute atomic E-state index is 0.0487. The van der Waals surface area contributed by atoms with E-state index < -0.39 is 11.2 Å². The van der Waals surface area contributed by atoms with Crippen LogP contribution in [0.15, 0.2) is 9.59 Å². The Labute approximate surface area is 183 Å². The summed E-state index contributed by atoms with van der Waals surface area (Å²) in [5, 5.41) is 0. The highest BCUT2D eigenvalue weighted by atomic mass is 16.5. The van der Waals surface area contributed by atoms with Gasteiger partial charge in [-0.25, -0.2) is 4.79 Å². The summed E-state index contributed by atoms with van der Waals surface area (Å²) >= 11 is 0. The number of nitrogens with two attached hydrogens (primary N) is 1. The highest BCUT2D eigenvalue weighted by molar-refractivity contribution is 5.96. The lowest BCUT2D eigenvalue weighted by molar-refractivity contribution is -0.902. The fraction of sp³-hybridized carbons (Fsp3) is 0.773. The fourth-order valence-corrected chi connectivity index (χ4v) is 5.19. The van der Waals surface area contributed by atoms with Crippen LogP contribution < -0.4 is 26.8 Å². The average molecular weight is 437 g/mol. The molecule has 31 heavy (non-hydrogen) atoms. The zero-order chi connectivity index (χ0) is 22.4. The molecule has 2 heterocycles. The standard InChI is InChI=1S/C22H37N5O4/c1-3-4-10-27-20(23)19(21(29)24-22(27)30)26(12-13-31-2)18(28)15-25-11-9-16-7-5-6-8-17(16)14-25/h16-17H,3-15,23H2,1-2H3,(H,24,29,30)/p+1/t16-,17+/m0/s1. The van der Waals surface area contributed by atoms with E-state index in [9.17, 15) is 14.4 Å². The number of aromatic nitrogens is 2. The molecule has 3 rings (SSSR count). The maximum Gasteiger partial charge on any atom is 0.330 e. The summed E-state index contributed by atoms with van der Waals surface area (Å²) in [4.78, 5) is 43.3. The third kappa shape index (κ3) is 5.57. The van der Waals surface area contributed by atoms with Crippen LogP contribution in [-0.4, -0.2) is 55.4 Å². The summed E-state index contributed by atoms with van der Waals surface area (Å²) in [5.74, 6) is 1.40. The highest BCUT2D eigenvalue weighted by Crippen LogP contribution is 2.32. The zero-order valence-electron chi connectivity index (χ0n) is 19.0. The molecule has 174 valence electrons. The van der Waals surface area contributed by atoms with Crippen LogP contribution in [0.25, 0.3) is 0 Å². The molecule has 0 bridgehead atoms. The summed E-state index contributed by atoms with van der Waals surface area (Å²) < 4.78 is 6.54. The Morgan fingerprint density at radius 3 is 2.71 bits per heavy atom. The number of nitrogens with zero attached hydrogens (tertiary/aromatic N) is 2. The van der Waals surface area contributed by atoms with E-state index in [1.165, 1.54) is 40.1 Å². The van der Waals surface area contributed by atoms with Crippen LogP contribution in [0.3, 0.4) is 0 Å². The third-order valence-electron chi connectivity index (χ3n) is 6.93. The normalized spacial score (nSPS) is 23.4. The molecule has 1 aromatic heterocycles. The number of carbonyl (C=O) groups excluding carboxylic acids is 1. The minimum Gasteiger partial charge on any atom is -0.383 e. The number of amides is 1. The van der Waals surface area contributed by atoms with Crippen molar-refractivity contribution in [3.8, 4) is 0 Å². The lowest BCUT2D eigenvalue weighted by Crippen LogP contribution is -3.15. The molecule has 1 amide bonds. The minimum atomic E-state index is -0.624. The Bertz CT molecular complexity index is 864. The molecule has 4 N–H and O–H groups in total. The molecule has 1 saturated carbocycles. The Morgan fingerprint density at radius 1 is 1.26 bits per heavy atom. The monoisotopic (exact) mass is 436 g/mol. The first-order valence-corrected chi connectivity index (χ1v) is 11.7. The van der Waals surface area contributed by atoms with Crippen molar-refractivity contribution in [3.63, 3.8) is 0 Å². The van der Waals surface area contributed by atoms with Gasteiger partial charge in [-0.2, -0.15) is 0 Å². The first kappa shape index (κ1) is 23.5. The number of quaternary nitrogens is 1. The second kappa shape index (κ2) is 10.9. The summed E-state index contributed by atoms with van der Waals surface area (Å²) in [6.45, 7) is 5.22. The number of piperidine rings is 1. The second-order valence-electron chi connectivity index (χ2n) is 9.01. The Balaban J connectivity index is 1.82. The van der Waals surface area contributed by atoms with Crippen molar-refractivity contribution >= 4 is 17.4 Å². The molecule has 9 nitrogen and oxygen atoms in total. The lowest BCUT2D eigenvalue weighted by atomic mass is 9.75. The van der Waals surface area contributed by atoms with E-state index in [0.29, 0.717) is 19.0 Å². The van der Waals surface area contributed by atoms with Crippen molar-refractivity contribution in [2.24, 2.45) is 11.8 Å². The van der Waals surface area contributed by atoms with Crippen LogP contribution in [0.1, 0.15) is 51.9 Å². The maximum absolute atomic E-state index is 13.3. The molecule has 1 unspecified atom stereocenters. The van der Waals surface area contributed by atoms with Crippen LogP contribution in [0.5, 0.6) is 0 Å². The van der Waals surface area contributed by atoms with Crippen LogP contribution in [0.2, 0.25) is 0 Å². The van der Waals surface area contributed by atoms with Crippen molar-refractivity contribution in [1.82, 2.24) is 9.55 Å². The highest BCUT2D eigenvalue weighted by Gasteiger charge is 2.35. The van der Waals surface area contributed by atoms with Gasteiger partial charge in [0.25, 0.3) is 11.5 Å². The number of hydrogen-bond acceptors (Lipinski definition) is 5. The Hall–Kier alpha value is -2.13. The van der Waals surface area contributed by atoms with Crippen LogP contribution in [0, 0.1) is 11.8 Å². The molecule has 1 aromatic rings. The van der Waals surface area contributed by atoms with E-state index in [-0.39, 0.29) is 30.6 Å². The molecule has 0 aromatic carbocycles. The SMILES string of the molecule is CCCCn1c(N)c(N(CCOC)C(=O)C[NH+]2CC[C@@H]3CCCC[C@@H]3C2)c(=O)[nH]c1=O. The summed E-state index contributed by atoms with van der Waals surface area (Å²) in [6, 6.07) is 0. The van der Waals surface area contributed by atoms with Crippen molar-refractivity contribution in [1.29, 1.82) is 0 Å². The topological polar surface area (TPSA) is 115 Å². The molecule has 0 spiro atoms. The number of rotatable bonds is 9. The lowest BCUT2D eigenvalue weighted by Gasteiger charge is -2.39. The number of hydrogen-bond donors (Lipinski definition) is 3. The number of aromatic amines is 1. The van der Waals surface area contributed by atoms with E-state index in [1.54, 1.807) is 7.11 Å².